The highest BCUT2D eigenvalue weighted by Gasteiger charge is 2.28. The number of nitrogens with one attached hydrogen (secondary N) is 2. The molecule has 1 saturated carbocycles. The van der Waals surface area contributed by atoms with Crippen LogP contribution in [-0.2, 0) is 0 Å². The molecule has 0 spiro atoms. The molecule has 4 nitrogen and oxygen atoms in total. The monoisotopic (exact) mass is 361 g/mol. The van der Waals surface area contributed by atoms with Gasteiger partial charge >= 0.3 is 0 Å². The van der Waals surface area contributed by atoms with Crippen LogP contribution in [0.15, 0.2) is 6.07 Å². The number of fused-ring (bicyclic) bond motifs is 1. The molecular formula is C18H27N3OSSi. The van der Waals surface area contributed by atoms with E-state index < -0.39 is 8.07 Å². The normalized spacial score (nSPS) is 22.2. The summed E-state index contributed by atoms with van der Waals surface area (Å²) in [6, 6.07) is 5.10. The molecule has 130 valence electrons. The lowest BCUT2D eigenvalue weighted by molar-refractivity contribution is 0.0928. The van der Waals surface area contributed by atoms with Gasteiger partial charge in [-0.25, -0.2) is 4.98 Å². The van der Waals surface area contributed by atoms with Crippen LogP contribution in [0.4, 0.5) is 0 Å². The molecular weight excluding hydrogens is 334 g/mol. The fourth-order valence-corrected chi connectivity index (χ4v) is 7.50. The molecule has 1 amide bonds. The number of hydrogen-bond acceptors (Lipinski definition) is 3. The van der Waals surface area contributed by atoms with E-state index in [9.17, 15) is 4.79 Å². The van der Waals surface area contributed by atoms with Gasteiger partial charge in [0.2, 0.25) is 0 Å². The molecule has 0 aromatic carbocycles. The van der Waals surface area contributed by atoms with Gasteiger partial charge in [-0.3, -0.25) is 4.79 Å². The average Bonchev–Trinajstić information content (AvgIpc) is 3.15. The Morgan fingerprint density at radius 2 is 1.96 bits per heavy atom. The molecule has 4 rings (SSSR count). The molecule has 0 bridgehead atoms. The van der Waals surface area contributed by atoms with Crippen LogP contribution >= 0.6 is 11.3 Å². The summed E-state index contributed by atoms with van der Waals surface area (Å²) >= 11 is 1.74. The summed E-state index contributed by atoms with van der Waals surface area (Å²) in [6.45, 7) is 5.00. The summed E-state index contributed by atoms with van der Waals surface area (Å²) in [5, 5.41) is 4.48. The molecule has 2 N–H and O–H groups in total. The van der Waals surface area contributed by atoms with E-state index in [2.05, 4.69) is 28.4 Å². The zero-order valence-electron chi connectivity index (χ0n) is 14.7. The van der Waals surface area contributed by atoms with Crippen molar-refractivity contribution < 1.29 is 4.79 Å². The number of amides is 1. The van der Waals surface area contributed by atoms with Crippen LogP contribution in [-0.4, -0.2) is 30.0 Å². The molecule has 2 aromatic heterocycles. The Labute approximate surface area is 148 Å². The van der Waals surface area contributed by atoms with Gasteiger partial charge in [-0.05, 0) is 31.7 Å². The minimum Gasteiger partial charge on any atom is -0.348 e. The molecule has 1 saturated heterocycles. The lowest BCUT2D eigenvalue weighted by Gasteiger charge is -2.28. The molecule has 1 aliphatic carbocycles. The second-order valence-corrected chi connectivity index (χ2v) is 14.7. The van der Waals surface area contributed by atoms with E-state index >= 15 is 0 Å². The summed E-state index contributed by atoms with van der Waals surface area (Å²) in [6.07, 6.45) is 7.31. The molecule has 0 radical (unpaired) electrons. The van der Waals surface area contributed by atoms with Crippen LogP contribution in [0.1, 0.15) is 59.9 Å². The zero-order valence-corrected chi connectivity index (χ0v) is 16.5. The third-order valence-corrected chi connectivity index (χ3v) is 10.1. The van der Waals surface area contributed by atoms with Gasteiger partial charge in [-0.2, -0.15) is 0 Å². The molecule has 2 aromatic rings. The second kappa shape index (κ2) is 6.30. The Bertz CT molecular complexity index is 703. The SMILES string of the molecule is C[Si]1(C)CCCC(NC(=O)c2cc3sc(C4CC4)nc3[nH]2)CCC1. The minimum atomic E-state index is -0.955. The highest BCUT2D eigenvalue weighted by molar-refractivity contribution is 7.18. The van der Waals surface area contributed by atoms with E-state index in [1.807, 2.05) is 6.07 Å². The Balaban J connectivity index is 1.39. The number of rotatable bonds is 3. The second-order valence-electron chi connectivity index (χ2n) is 8.34. The van der Waals surface area contributed by atoms with Crippen molar-refractivity contribution in [2.75, 3.05) is 0 Å². The van der Waals surface area contributed by atoms with Gasteiger partial charge in [0, 0.05) is 20.0 Å². The number of nitrogens with zero attached hydrogens (tertiary/aromatic N) is 1. The van der Waals surface area contributed by atoms with Gasteiger partial charge < -0.3 is 10.3 Å². The molecule has 0 unspecified atom stereocenters. The van der Waals surface area contributed by atoms with Crippen LogP contribution in [0.5, 0.6) is 0 Å². The summed E-state index contributed by atoms with van der Waals surface area (Å²) < 4.78 is 1.12. The van der Waals surface area contributed by atoms with Gasteiger partial charge in [-0.1, -0.05) is 38.0 Å². The maximum atomic E-state index is 12.6. The van der Waals surface area contributed by atoms with Gasteiger partial charge in [0.15, 0.2) is 0 Å². The van der Waals surface area contributed by atoms with E-state index in [0.29, 0.717) is 17.7 Å². The maximum absolute atomic E-state index is 12.6. The van der Waals surface area contributed by atoms with E-state index in [0.717, 1.165) is 23.2 Å². The van der Waals surface area contributed by atoms with Crippen molar-refractivity contribution in [2.45, 2.75) is 75.7 Å². The summed E-state index contributed by atoms with van der Waals surface area (Å²) in [5.41, 5.74) is 1.56. The highest BCUT2D eigenvalue weighted by Crippen LogP contribution is 2.43. The van der Waals surface area contributed by atoms with Gasteiger partial charge in [0.1, 0.15) is 11.3 Å². The Hall–Kier alpha value is -1.14. The zero-order chi connectivity index (χ0) is 16.7. The predicted octanol–water partition coefficient (Wildman–Crippen LogP) is 4.88. The highest BCUT2D eigenvalue weighted by atomic mass is 32.1. The molecule has 6 heteroatoms. The number of H-pyrrole nitrogens is 1. The van der Waals surface area contributed by atoms with E-state index in [-0.39, 0.29) is 5.91 Å². The van der Waals surface area contributed by atoms with Crippen molar-refractivity contribution in [1.29, 1.82) is 0 Å². The average molecular weight is 362 g/mol. The van der Waals surface area contributed by atoms with Gasteiger partial charge in [0.25, 0.3) is 5.91 Å². The smallest absolute Gasteiger partial charge is 0.268 e. The summed E-state index contributed by atoms with van der Waals surface area (Å²) in [5.74, 6) is 0.714. The van der Waals surface area contributed by atoms with Crippen molar-refractivity contribution >= 4 is 35.7 Å². The maximum Gasteiger partial charge on any atom is 0.268 e. The van der Waals surface area contributed by atoms with Crippen LogP contribution < -0.4 is 5.32 Å². The summed E-state index contributed by atoms with van der Waals surface area (Å²) in [4.78, 5) is 20.5. The van der Waals surface area contributed by atoms with Crippen molar-refractivity contribution in [3.8, 4) is 0 Å². The molecule has 1 aliphatic heterocycles. The van der Waals surface area contributed by atoms with Crippen LogP contribution in [0.3, 0.4) is 0 Å². The number of carbonyl (C=O) groups is 1. The van der Waals surface area contributed by atoms with Crippen LogP contribution in [0, 0.1) is 0 Å². The number of thiazole rings is 1. The lowest BCUT2D eigenvalue weighted by atomic mass is 10.1. The van der Waals surface area contributed by atoms with Gasteiger partial charge in [-0.15, -0.1) is 11.3 Å². The van der Waals surface area contributed by atoms with Crippen LogP contribution in [0.2, 0.25) is 25.2 Å². The van der Waals surface area contributed by atoms with E-state index in [1.54, 1.807) is 11.3 Å². The molecule has 2 aliphatic rings. The first-order chi connectivity index (χ1) is 11.5. The first kappa shape index (κ1) is 16.3. The Morgan fingerprint density at radius 1 is 1.25 bits per heavy atom. The van der Waals surface area contributed by atoms with E-state index in [1.165, 1.54) is 42.8 Å². The molecule has 2 fully saturated rings. The molecule has 0 atom stereocenters. The third-order valence-electron chi connectivity index (χ3n) is 5.52. The minimum absolute atomic E-state index is 0.0373. The fourth-order valence-electron chi connectivity index (χ4n) is 3.79. The topological polar surface area (TPSA) is 57.8 Å². The summed E-state index contributed by atoms with van der Waals surface area (Å²) in [7, 11) is -0.955. The first-order valence-electron chi connectivity index (χ1n) is 9.30. The Kier molecular flexibility index (Phi) is 4.29. The van der Waals surface area contributed by atoms with Crippen molar-refractivity contribution in [1.82, 2.24) is 15.3 Å². The molecule has 3 heterocycles. The molecule has 24 heavy (non-hydrogen) atoms. The largest absolute Gasteiger partial charge is 0.348 e. The predicted molar refractivity (Wildman–Crippen MR) is 103 cm³/mol. The third kappa shape index (κ3) is 3.59. The van der Waals surface area contributed by atoms with Crippen molar-refractivity contribution in [2.24, 2.45) is 0 Å². The van der Waals surface area contributed by atoms with Crippen molar-refractivity contribution in [3.05, 3.63) is 16.8 Å². The van der Waals surface area contributed by atoms with Crippen molar-refractivity contribution in [3.63, 3.8) is 0 Å². The number of carbonyl (C=O) groups excluding carboxylic acids is 1. The standard InChI is InChI=1S/C18H27N3OSSi/c1-24(2)9-3-5-13(6-4-10-24)19-17(22)14-11-15-16(20-14)21-18(23-15)12-7-8-12/h11-13,20H,3-10H2,1-2H3,(H,19,22). The first-order valence-corrected chi connectivity index (χ1v) is 13.5. The quantitative estimate of drug-likeness (QED) is 0.765. The Morgan fingerprint density at radius 3 is 2.58 bits per heavy atom. The fraction of sp³-hybridized carbons (Fsp3) is 0.667. The van der Waals surface area contributed by atoms with Gasteiger partial charge in [0.05, 0.1) is 9.71 Å². The lowest BCUT2D eigenvalue weighted by Crippen LogP contribution is -2.37. The number of aromatic amines is 1. The van der Waals surface area contributed by atoms with E-state index in [4.69, 9.17) is 0 Å². The number of hydrogen-bond donors (Lipinski definition) is 2. The van der Waals surface area contributed by atoms with Crippen LogP contribution in [0.25, 0.3) is 10.3 Å². The number of aromatic nitrogens is 2.